The van der Waals surface area contributed by atoms with Crippen molar-refractivity contribution in [3.63, 3.8) is 0 Å². The zero-order valence-corrected chi connectivity index (χ0v) is 9.08. The number of ether oxygens (including phenoxy) is 2. The fourth-order valence-electron chi connectivity index (χ4n) is 1.86. The molecule has 0 aliphatic carbocycles. The standard InChI is InChI=1S/C12H17NO2/c1-14-9-15-8-10-2-3-12-7-13-5-4-11(12)6-10/h2-3,6,13H,4-5,7-9H2,1H3. The molecule has 0 saturated carbocycles. The van der Waals surface area contributed by atoms with Crippen LogP contribution in [0.15, 0.2) is 18.2 Å². The van der Waals surface area contributed by atoms with Crippen LogP contribution < -0.4 is 5.32 Å². The minimum absolute atomic E-state index is 0.360. The maximum absolute atomic E-state index is 5.32. The summed E-state index contributed by atoms with van der Waals surface area (Å²) < 4.78 is 10.2. The lowest BCUT2D eigenvalue weighted by Gasteiger charge is -2.17. The summed E-state index contributed by atoms with van der Waals surface area (Å²) in [6, 6.07) is 6.56. The second-order valence-electron chi connectivity index (χ2n) is 3.78. The zero-order chi connectivity index (χ0) is 10.5. The lowest BCUT2D eigenvalue weighted by molar-refractivity contribution is -0.0390. The Balaban J connectivity index is 2.00. The highest BCUT2D eigenvalue weighted by atomic mass is 16.7. The molecule has 0 aromatic heterocycles. The molecule has 1 aliphatic rings. The molecule has 0 atom stereocenters. The normalized spacial score (nSPS) is 15.0. The maximum Gasteiger partial charge on any atom is 0.146 e. The molecule has 1 aromatic rings. The molecular formula is C12H17NO2. The van der Waals surface area contributed by atoms with Crippen molar-refractivity contribution in [2.75, 3.05) is 20.4 Å². The Hall–Kier alpha value is -0.900. The third-order valence-corrected chi connectivity index (χ3v) is 2.63. The first kappa shape index (κ1) is 10.6. The molecular weight excluding hydrogens is 190 g/mol. The van der Waals surface area contributed by atoms with Gasteiger partial charge < -0.3 is 14.8 Å². The summed E-state index contributed by atoms with van der Waals surface area (Å²) in [5, 5.41) is 3.36. The van der Waals surface area contributed by atoms with Gasteiger partial charge in [-0.2, -0.15) is 0 Å². The quantitative estimate of drug-likeness (QED) is 0.599. The molecule has 0 amide bonds. The van der Waals surface area contributed by atoms with E-state index in [0.717, 1.165) is 19.5 Å². The molecule has 1 heterocycles. The van der Waals surface area contributed by atoms with Gasteiger partial charge in [0.05, 0.1) is 6.61 Å². The summed E-state index contributed by atoms with van der Waals surface area (Å²) in [4.78, 5) is 0. The highest BCUT2D eigenvalue weighted by Gasteiger charge is 2.08. The number of methoxy groups -OCH3 is 1. The van der Waals surface area contributed by atoms with E-state index in [2.05, 4.69) is 23.5 Å². The molecule has 3 nitrogen and oxygen atoms in total. The Morgan fingerprint density at radius 3 is 3.13 bits per heavy atom. The van der Waals surface area contributed by atoms with Gasteiger partial charge in [0.15, 0.2) is 0 Å². The van der Waals surface area contributed by atoms with Crippen molar-refractivity contribution in [2.24, 2.45) is 0 Å². The third kappa shape index (κ3) is 2.78. The molecule has 15 heavy (non-hydrogen) atoms. The second-order valence-corrected chi connectivity index (χ2v) is 3.78. The van der Waals surface area contributed by atoms with Crippen molar-refractivity contribution >= 4 is 0 Å². The van der Waals surface area contributed by atoms with Gasteiger partial charge in [0.25, 0.3) is 0 Å². The Kier molecular flexibility index (Phi) is 3.72. The predicted molar refractivity (Wildman–Crippen MR) is 58.5 cm³/mol. The van der Waals surface area contributed by atoms with Crippen LogP contribution in [0.3, 0.4) is 0 Å². The van der Waals surface area contributed by atoms with Crippen molar-refractivity contribution in [3.8, 4) is 0 Å². The van der Waals surface area contributed by atoms with Gasteiger partial charge in [-0.15, -0.1) is 0 Å². The zero-order valence-electron chi connectivity index (χ0n) is 9.08. The summed E-state index contributed by atoms with van der Waals surface area (Å²) in [7, 11) is 1.64. The highest BCUT2D eigenvalue weighted by molar-refractivity contribution is 5.33. The van der Waals surface area contributed by atoms with Crippen LogP contribution in [-0.2, 0) is 29.0 Å². The Bertz CT molecular complexity index is 325. The summed E-state index contributed by atoms with van der Waals surface area (Å²) >= 11 is 0. The van der Waals surface area contributed by atoms with Crippen LogP contribution in [0, 0.1) is 0 Å². The van der Waals surface area contributed by atoms with Gasteiger partial charge >= 0.3 is 0 Å². The SMILES string of the molecule is COCOCc1ccc2c(c1)CCNC2. The van der Waals surface area contributed by atoms with Crippen molar-refractivity contribution in [3.05, 3.63) is 34.9 Å². The number of benzene rings is 1. The number of fused-ring (bicyclic) bond motifs is 1. The van der Waals surface area contributed by atoms with E-state index >= 15 is 0 Å². The molecule has 0 saturated heterocycles. The van der Waals surface area contributed by atoms with Crippen LogP contribution in [0.5, 0.6) is 0 Å². The molecule has 2 rings (SSSR count). The first-order valence-corrected chi connectivity index (χ1v) is 5.28. The lowest BCUT2D eigenvalue weighted by Crippen LogP contribution is -2.23. The van der Waals surface area contributed by atoms with Gasteiger partial charge in [0.2, 0.25) is 0 Å². The smallest absolute Gasteiger partial charge is 0.146 e. The first-order chi connectivity index (χ1) is 7.40. The number of hydrogen-bond acceptors (Lipinski definition) is 3. The molecule has 1 aliphatic heterocycles. The first-order valence-electron chi connectivity index (χ1n) is 5.28. The van der Waals surface area contributed by atoms with Crippen LogP contribution in [-0.4, -0.2) is 20.4 Å². The molecule has 0 fully saturated rings. The van der Waals surface area contributed by atoms with Crippen LogP contribution >= 0.6 is 0 Å². The van der Waals surface area contributed by atoms with Crippen molar-refractivity contribution in [1.29, 1.82) is 0 Å². The van der Waals surface area contributed by atoms with Gasteiger partial charge in [-0.3, -0.25) is 0 Å². The molecule has 0 unspecified atom stereocenters. The van der Waals surface area contributed by atoms with E-state index in [1.165, 1.54) is 16.7 Å². The lowest BCUT2D eigenvalue weighted by atomic mass is 9.99. The third-order valence-electron chi connectivity index (χ3n) is 2.63. The van der Waals surface area contributed by atoms with Crippen LogP contribution in [0.4, 0.5) is 0 Å². The predicted octanol–water partition coefficient (Wildman–Crippen LogP) is 1.45. The van der Waals surface area contributed by atoms with Gasteiger partial charge in [0, 0.05) is 13.7 Å². The van der Waals surface area contributed by atoms with Crippen molar-refractivity contribution in [2.45, 2.75) is 19.6 Å². The van der Waals surface area contributed by atoms with E-state index in [1.807, 2.05) is 0 Å². The van der Waals surface area contributed by atoms with Gasteiger partial charge in [-0.25, -0.2) is 0 Å². The fraction of sp³-hybridized carbons (Fsp3) is 0.500. The summed E-state index contributed by atoms with van der Waals surface area (Å²) in [5.74, 6) is 0. The Morgan fingerprint density at radius 1 is 1.33 bits per heavy atom. The maximum atomic E-state index is 5.32. The van der Waals surface area contributed by atoms with Gasteiger partial charge in [-0.05, 0) is 29.7 Å². The summed E-state index contributed by atoms with van der Waals surface area (Å²) in [5.41, 5.74) is 4.09. The minimum atomic E-state index is 0.360. The van der Waals surface area contributed by atoms with Gasteiger partial charge in [0.1, 0.15) is 6.79 Å². The van der Waals surface area contributed by atoms with E-state index in [0.29, 0.717) is 13.4 Å². The number of rotatable bonds is 4. The Morgan fingerprint density at radius 2 is 2.27 bits per heavy atom. The van der Waals surface area contributed by atoms with Crippen molar-refractivity contribution in [1.82, 2.24) is 5.32 Å². The molecule has 1 N–H and O–H groups in total. The fourth-order valence-corrected chi connectivity index (χ4v) is 1.86. The highest BCUT2D eigenvalue weighted by Crippen LogP contribution is 2.16. The van der Waals surface area contributed by atoms with E-state index in [9.17, 15) is 0 Å². The van der Waals surface area contributed by atoms with Crippen LogP contribution in [0.25, 0.3) is 0 Å². The van der Waals surface area contributed by atoms with Gasteiger partial charge in [-0.1, -0.05) is 18.2 Å². The molecule has 0 bridgehead atoms. The monoisotopic (exact) mass is 207 g/mol. The molecule has 82 valence electrons. The average molecular weight is 207 g/mol. The Labute approximate surface area is 90.4 Å². The second kappa shape index (κ2) is 5.26. The molecule has 0 radical (unpaired) electrons. The summed E-state index contributed by atoms with van der Waals surface area (Å²) in [6.45, 7) is 3.07. The van der Waals surface area contributed by atoms with Crippen LogP contribution in [0.2, 0.25) is 0 Å². The average Bonchev–Trinajstić information content (AvgIpc) is 2.29. The number of nitrogens with one attached hydrogen (secondary N) is 1. The van der Waals surface area contributed by atoms with Crippen LogP contribution in [0.1, 0.15) is 16.7 Å². The molecule has 3 heteroatoms. The largest absolute Gasteiger partial charge is 0.359 e. The number of hydrogen-bond donors (Lipinski definition) is 1. The molecule has 0 spiro atoms. The molecule has 1 aromatic carbocycles. The van der Waals surface area contributed by atoms with E-state index < -0.39 is 0 Å². The van der Waals surface area contributed by atoms with E-state index in [-0.39, 0.29) is 0 Å². The summed E-state index contributed by atoms with van der Waals surface area (Å²) in [6.07, 6.45) is 1.12. The minimum Gasteiger partial charge on any atom is -0.359 e. The van der Waals surface area contributed by atoms with E-state index in [4.69, 9.17) is 9.47 Å². The van der Waals surface area contributed by atoms with E-state index in [1.54, 1.807) is 7.11 Å². The van der Waals surface area contributed by atoms with Crippen molar-refractivity contribution < 1.29 is 9.47 Å². The topological polar surface area (TPSA) is 30.5 Å².